The quantitative estimate of drug-likeness (QED) is 0.851. The lowest BCUT2D eigenvalue weighted by atomic mass is 10.0. The Kier molecular flexibility index (Phi) is 4.71. The van der Waals surface area contributed by atoms with Gasteiger partial charge in [0.2, 0.25) is 0 Å². The van der Waals surface area contributed by atoms with E-state index in [-0.39, 0.29) is 6.04 Å². The molecule has 0 saturated heterocycles. The molecule has 1 heterocycles. The van der Waals surface area contributed by atoms with Crippen LogP contribution in [0.4, 0.5) is 0 Å². The number of hydrogen-bond acceptors (Lipinski definition) is 3. The van der Waals surface area contributed by atoms with Crippen LogP contribution in [-0.4, -0.2) is 11.0 Å². The van der Waals surface area contributed by atoms with E-state index in [0.29, 0.717) is 0 Å². The van der Waals surface area contributed by atoms with Gasteiger partial charge in [0.15, 0.2) is 0 Å². The Hall–Kier alpha value is -1.19. The topological polar surface area (TPSA) is 38.9 Å². The summed E-state index contributed by atoms with van der Waals surface area (Å²) >= 11 is 1.69. The van der Waals surface area contributed by atoms with E-state index in [4.69, 9.17) is 5.73 Å². The summed E-state index contributed by atoms with van der Waals surface area (Å²) < 4.78 is 0. The average Bonchev–Trinajstić information content (AvgIpc) is 2.83. The number of thiazole rings is 1. The molecule has 17 heavy (non-hydrogen) atoms. The van der Waals surface area contributed by atoms with Crippen LogP contribution < -0.4 is 5.73 Å². The lowest BCUT2D eigenvalue weighted by molar-refractivity contribution is 0.579. The molecule has 0 amide bonds. The number of rotatable bonds is 6. The molecule has 2 N–H and O–H groups in total. The molecule has 2 nitrogen and oxygen atoms in total. The third-order valence-corrected chi connectivity index (χ3v) is 3.61. The van der Waals surface area contributed by atoms with Gasteiger partial charge in [0.05, 0.1) is 5.01 Å². The molecule has 90 valence electrons. The van der Waals surface area contributed by atoms with Gasteiger partial charge in [0.25, 0.3) is 0 Å². The van der Waals surface area contributed by atoms with Gasteiger partial charge in [0.1, 0.15) is 0 Å². The summed E-state index contributed by atoms with van der Waals surface area (Å²) in [5.41, 5.74) is 7.49. The zero-order chi connectivity index (χ0) is 11.9. The largest absolute Gasteiger partial charge is 0.327 e. The van der Waals surface area contributed by atoms with Crippen LogP contribution >= 0.6 is 11.3 Å². The third kappa shape index (κ3) is 4.29. The number of benzene rings is 1. The number of nitrogens with zero attached hydrogens (tertiary/aromatic N) is 1. The van der Waals surface area contributed by atoms with Crippen molar-refractivity contribution in [2.75, 3.05) is 0 Å². The maximum absolute atomic E-state index is 6.10. The van der Waals surface area contributed by atoms with Gasteiger partial charge < -0.3 is 5.73 Å². The number of aromatic nitrogens is 1. The molecule has 0 aliphatic heterocycles. The van der Waals surface area contributed by atoms with E-state index in [0.717, 1.165) is 30.7 Å². The van der Waals surface area contributed by atoms with Crippen LogP contribution in [0.2, 0.25) is 0 Å². The summed E-state index contributed by atoms with van der Waals surface area (Å²) in [6, 6.07) is 10.8. The zero-order valence-electron chi connectivity index (χ0n) is 9.88. The first-order valence-electron chi connectivity index (χ1n) is 6.02. The van der Waals surface area contributed by atoms with Crippen molar-refractivity contribution in [1.82, 2.24) is 4.98 Å². The van der Waals surface area contributed by atoms with Crippen LogP contribution in [0.3, 0.4) is 0 Å². The van der Waals surface area contributed by atoms with Crippen molar-refractivity contribution in [2.45, 2.75) is 31.7 Å². The molecule has 1 aromatic carbocycles. The van der Waals surface area contributed by atoms with Gasteiger partial charge in [-0.2, -0.15) is 0 Å². The SMILES string of the molecule is NC(CCCc1ccccc1)Cc1nccs1. The Morgan fingerprint density at radius 3 is 2.76 bits per heavy atom. The van der Waals surface area contributed by atoms with E-state index in [9.17, 15) is 0 Å². The summed E-state index contributed by atoms with van der Waals surface area (Å²) in [5.74, 6) is 0. The highest BCUT2D eigenvalue weighted by atomic mass is 32.1. The second-order valence-electron chi connectivity index (χ2n) is 4.27. The maximum atomic E-state index is 6.10. The molecular weight excluding hydrogens is 228 g/mol. The summed E-state index contributed by atoms with van der Waals surface area (Å²) in [6.07, 6.45) is 6.08. The Morgan fingerprint density at radius 2 is 2.06 bits per heavy atom. The molecule has 0 saturated carbocycles. The van der Waals surface area contributed by atoms with Gasteiger partial charge in [-0.25, -0.2) is 4.98 Å². The van der Waals surface area contributed by atoms with Crippen LogP contribution in [0.5, 0.6) is 0 Å². The Balaban J connectivity index is 1.68. The number of nitrogens with two attached hydrogens (primary N) is 1. The first-order valence-corrected chi connectivity index (χ1v) is 6.90. The molecule has 2 rings (SSSR count). The fourth-order valence-corrected chi connectivity index (χ4v) is 2.60. The summed E-state index contributed by atoms with van der Waals surface area (Å²) in [4.78, 5) is 4.26. The van der Waals surface area contributed by atoms with Crippen LogP contribution in [-0.2, 0) is 12.8 Å². The van der Waals surface area contributed by atoms with Gasteiger partial charge >= 0.3 is 0 Å². The lowest BCUT2D eigenvalue weighted by Crippen LogP contribution is -2.22. The van der Waals surface area contributed by atoms with E-state index < -0.39 is 0 Å². The molecule has 0 radical (unpaired) electrons. The van der Waals surface area contributed by atoms with Crippen molar-refractivity contribution < 1.29 is 0 Å². The molecule has 0 aliphatic carbocycles. The first kappa shape index (κ1) is 12.3. The number of aryl methyl sites for hydroxylation is 1. The van der Waals surface area contributed by atoms with Crippen molar-refractivity contribution in [3.05, 3.63) is 52.5 Å². The summed E-state index contributed by atoms with van der Waals surface area (Å²) in [7, 11) is 0. The van der Waals surface area contributed by atoms with E-state index in [1.165, 1.54) is 5.56 Å². The predicted molar refractivity (Wildman–Crippen MR) is 73.2 cm³/mol. The normalized spacial score (nSPS) is 12.5. The minimum absolute atomic E-state index is 0.241. The van der Waals surface area contributed by atoms with Crippen LogP contribution in [0.25, 0.3) is 0 Å². The molecular formula is C14H18N2S. The van der Waals surface area contributed by atoms with E-state index >= 15 is 0 Å². The molecule has 1 atom stereocenters. The van der Waals surface area contributed by atoms with Crippen molar-refractivity contribution in [3.8, 4) is 0 Å². The highest BCUT2D eigenvalue weighted by Crippen LogP contribution is 2.11. The highest BCUT2D eigenvalue weighted by Gasteiger charge is 2.05. The third-order valence-electron chi connectivity index (χ3n) is 2.80. The maximum Gasteiger partial charge on any atom is 0.0940 e. The van der Waals surface area contributed by atoms with Gasteiger partial charge in [-0.05, 0) is 24.8 Å². The lowest BCUT2D eigenvalue weighted by Gasteiger charge is -2.09. The van der Waals surface area contributed by atoms with Crippen LogP contribution in [0.15, 0.2) is 41.9 Å². The fourth-order valence-electron chi connectivity index (χ4n) is 1.89. The summed E-state index contributed by atoms with van der Waals surface area (Å²) in [5, 5.41) is 3.16. The van der Waals surface area contributed by atoms with E-state index in [2.05, 4.69) is 35.3 Å². The monoisotopic (exact) mass is 246 g/mol. The minimum atomic E-state index is 0.241. The van der Waals surface area contributed by atoms with Gasteiger partial charge in [-0.3, -0.25) is 0 Å². The summed E-state index contributed by atoms with van der Waals surface area (Å²) in [6.45, 7) is 0. The molecule has 3 heteroatoms. The highest BCUT2D eigenvalue weighted by molar-refractivity contribution is 7.09. The van der Waals surface area contributed by atoms with Crippen molar-refractivity contribution in [1.29, 1.82) is 0 Å². The Labute approximate surface area is 107 Å². The minimum Gasteiger partial charge on any atom is -0.327 e. The van der Waals surface area contributed by atoms with Crippen LogP contribution in [0.1, 0.15) is 23.4 Å². The predicted octanol–water partition coefficient (Wildman–Crippen LogP) is 3.04. The van der Waals surface area contributed by atoms with E-state index in [1.807, 2.05) is 11.6 Å². The van der Waals surface area contributed by atoms with Gasteiger partial charge in [0, 0.05) is 24.0 Å². The standard InChI is InChI=1S/C14H18N2S/c15-13(11-14-16-9-10-17-14)8-4-7-12-5-2-1-3-6-12/h1-3,5-6,9-10,13H,4,7-8,11,15H2. The second-order valence-corrected chi connectivity index (χ2v) is 5.25. The Morgan fingerprint density at radius 1 is 1.24 bits per heavy atom. The van der Waals surface area contributed by atoms with E-state index in [1.54, 1.807) is 11.3 Å². The molecule has 2 aromatic rings. The van der Waals surface area contributed by atoms with Crippen molar-refractivity contribution in [3.63, 3.8) is 0 Å². The molecule has 0 fully saturated rings. The molecule has 0 spiro atoms. The molecule has 1 aromatic heterocycles. The number of hydrogen-bond donors (Lipinski definition) is 1. The van der Waals surface area contributed by atoms with Crippen molar-refractivity contribution in [2.24, 2.45) is 5.73 Å². The zero-order valence-corrected chi connectivity index (χ0v) is 10.7. The first-order chi connectivity index (χ1) is 8.34. The Bertz CT molecular complexity index is 411. The molecule has 0 bridgehead atoms. The second kappa shape index (κ2) is 6.52. The average molecular weight is 246 g/mol. The van der Waals surface area contributed by atoms with Gasteiger partial charge in [-0.15, -0.1) is 11.3 Å². The van der Waals surface area contributed by atoms with Crippen molar-refractivity contribution >= 4 is 11.3 Å². The van der Waals surface area contributed by atoms with Crippen LogP contribution in [0, 0.1) is 0 Å². The smallest absolute Gasteiger partial charge is 0.0940 e. The fraction of sp³-hybridized carbons (Fsp3) is 0.357. The molecule has 1 unspecified atom stereocenters. The molecule has 0 aliphatic rings. The van der Waals surface area contributed by atoms with Gasteiger partial charge in [-0.1, -0.05) is 30.3 Å².